The Balaban J connectivity index is 2.00. The Hall–Kier alpha value is -1.26. The molecule has 4 nitrogen and oxygen atoms in total. The summed E-state index contributed by atoms with van der Waals surface area (Å²) in [7, 11) is 0. The molecule has 1 heterocycles. The molecule has 1 aliphatic heterocycles. The fraction of sp³-hybridized carbons (Fsp3) is 0.364. The molecule has 0 aliphatic carbocycles. The highest BCUT2D eigenvalue weighted by molar-refractivity contribution is 6.33. The number of carbonyl (C=O) groups excluding carboxylic acids is 1. The summed E-state index contributed by atoms with van der Waals surface area (Å²) in [4.78, 5) is 13.3. The SMILES string of the molecule is O=C(Nc1ccccc1Cl)N1CC[C@@H](O)C1. The molecule has 1 atom stereocenters. The van der Waals surface area contributed by atoms with E-state index in [-0.39, 0.29) is 6.03 Å². The molecular weight excluding hydrogens is 228 g/mol. The molecule has 5 heteroatoms. The van der Waals surface area contributed by atoms with Crippen molar-refractivity contribution in [3.05, 3.63) is 29.3 Å². The minimum absolute atomic E-state index is 0.218. The highest BCUT2D eigenvalue weighted by Gasteiger charge is 2.24. The van der Waals surface area contributed by atoms with E-state index in [9.17, 15) is 9.90 Å². The minimum atomic E-state index is -0.406. The van der Waals surface area contributed by atoms with E-state index in [1.807, 2.05) is 0 Å². The van der Waals surface area contributed by atoms with Crippen molar-refractivity contribution in [1.29, 1.82) is 0 Å². The molecule has 0 unspecified atom stereocenters. The number of hydrogen-bond acceptors (Lipinski definition) is 2. The molecule has 0 saturated carbocycles. The molecule has 0 radical (unpaired) electrons. The number of nitrogens with zero attached hydrogens (tertiary/aromatic N) is 1. The Morgan fingerprint density at radius 3 is 2.88 bits per heavy atom. The number of amides is 2. The molecule has 2 N–H and O–H groups in total. The van der Waals surface area contributed by atoms with Crippen LogP contribution >= 0.6 is 11.6 Å². The van der Waals surface area contributed by atoms with E-state index >= 15 is 0 Å². The maximum Gasteiger partial charge on any atom is 0.321 e. The van der Waals surface area contributed by atoms with Crippen LogP contribution in [0.5, 0.6) is 0 Å². The molecule has 86 valence electrons. The van der Waals surface area contributed by atoms with Gasteiger partial charge in [-0.1, -0.05) is 23.7 Å². The summed E-state index contributed by atoms with van der Waals surface area (Å²) >= 11 is 5.92. The van der Waals surface area contributed by atoms with Crippen LogP contribution < -0.4 is 5.32 Å². The zero-order chi connectivity index (χ0) is 11.5. The third-order valence-electron chi connectivity index (χ3n) is 2.57. The molecule has 0 spiro atoms. The molecular formula is C11H13ClN2O2. The number of benzene rings is 1. The van der Waals surface area contributed by atoms with Crippen molar-refractivity contribution in [2.24, 2.45) is 0 Å². The van der Waals surface area contributed by atoms with E-state index < -0.39 is 6.10 Å². The number of aliphatic hydroxyl groups is 1. The number of nitrogens with one attached hydrogen (secondary N) is 1. The molecule has 1 aliphatic rings. The lowest BCUT2D eigenvalue weighted by atomic mass is 10.3. The van der Waals surface area contributed by atoms with Gasteiger partial charge >= 0.3 is 6.03 Å². The monoisotopic (exact) mass is 240 g/mol. The van der Waals surface area contributed by atoms with E-state index in [1.54, 1.807) is 29.2 Å². The molecule has 0 aromatic heterocycles. The Morgan fingerprint density at radius 2 is 2.25 bits per heavy atom. The van der Waals surface area contributed by atoms with Crippen LogP contribution in [-0.2, 0) is 0 Å². The van der Waals surface area contributed by atoms with Gasteiger partial charge in [0.05, 0.1) is 16.8 Å². The van der Waals surface area contributed by atoms with Crippen molar-refractivity contribution >= 4 is 23.3 Å². The number of carbonyl (C=O) groups is 1. The first-order valence-corrected chi connectivity index (χ1v) is 5.53. The molecule has 2 rings (SSSR count). The van der Waals surface area contributed by atoms with Crippen molar-refractivity contribution in [3.63, 3.8) is 0 Å². The Bertz CT molecular complexity index is 397. The Kier molecular flexibility index (Phi) is 3.31. The zero-order valence-corrected chi connectivity index (χ0v) is 9.44. The highest BCUT2D eigenvalue weighted by Crippen LogP contribution is 2.21. The second kappa shape index (κ2) is 4.72. The molecule has 16 heavy (non-hydrogen) atoms. The normalized spacial score (nSPS) is 19.9. The fourth-order valence-corrected chi connectivity index (χ4v) is 1.87. The average molecular weight is 241 g/mol. The van der Waals surface area contributed by atoms with Gasteiger partial charge in [-0.05, 0) is 18.6 Å². The number of β-amino-alcohol motifs (C(OH)–C–C–N with tert-alkyl or cyclic N) is 1. The molecule has 1 aromatic carbocycles. The standard InChI is InChI=1S/C11H13ClN2O2/c12-9-3-1-2-4-10(9)13-11(16)14-6-5-8(15)7-14/h1-4,8,15H,5-7H2,(H,13,16)/t8-/m1/s1. The number of para-hydroxylation sites is 1. The highest BCUT2D eigenvalue weighted by atomic mass is 35.5. The van der Waals surface area contributed by atoms with Crippen molar-refractivity contribution in [1.82, 2.24) is 4.90 Å². The quantitative estimate of drug-likeness (QED) is 0.788. The molecule has 1 aromatic rings. The Labute approximate surface area is 98.8 Å². The summed E-state index contributed by atoms with van der Waals surface area (Å²) in [6.45, 7) is 0.966. The van der Waals surface area contributed by atoms with Gasteiger partial charge in [0.2, 0.25) is 0 Å². The van der Waals surface area contributed by atoms with Crippen LogP contribution in [0.3, 0.4) is 0 Å². The summed E-state index contributed by atoms with van der Waals surface area (Å²) in [5, 5.41) is 12.5. The van der Waals surface area contributed by atoms with Gasteiger partial charge in [0.15, 0.2) is 0 Å². The summed E-state index contributed by atoms with van der Waals surface area (Å²) < 4.78 is 0. The van der Waals surface area contributed by atoms with Gasteiger partial charge in [-0.25, -0.2) is 4.79 Å². The fourth-order valence-electron chi connectivity index (χ4n) is 1.68. The number of halogens is 1. The summed E-state index contributed by atoms with van der Waals surface area (Å²) in [5.74, 6) is 0. The number of hydrogen-bond donors (Lipinski definition) is 2. The summed E-state index contributed by atoms with van der Waals surface area (Å²) in [6.07, 6.45) is 0.229. The first-order chi connectivity index (χ1) is 7.66. The lowest BCUT2D eigenvalue weighted by Crippen LogP contribution is -2.33. The first kappa shape index (κ1) is 11.2. The van der Waals surface area contributed by atoms with Crippen molar-refractivity contribution in [3.8, 4) is 0 Å². The van der Waals surface area contributed by atoms with Crippen molar-refractivity contribution in [2.45, 2.75) is 12.5 Å². The van der Waals surface area contributed by atoms with Gasteiger partial charge in [0.1, 0.15) is 0 Å². The van der Waals surface area contributed by atoms with E-state index in [4.69, 9.17) is 11.6 Å². The maximum atomic E-state index is 11.8. The largest absolute Gasteiger partial charge is 0.391 e. The van der Waals surface area contributed by atoms with E-state index in [0.717, 1.165) is 0 Å². The van der Waals surface area contributed by atoms with Gasteiger partial charge in [-0.3, -0.25) is 0 Å². The Morgan fingerprint density at radius 1 is 1.50 bits per heavy atom. The van der Waals surface area contributed by atoms with Crippen LogP contribution in [0.2, 0.25) is 5.02 Å². The number of likely N-dealkylation sites (tertiary alicyclic amines) is 1. The predicted octanol–water partition coefficient (Wildman–Crippen LogP) is 1.94. The summed E-state index contributed by atoms with van der Waals surface area (Å²) in [5.41, 5.74) is 0.593. The third kappa shape index (κ3) is 2.46. The number of aliphatic hydroxyl groups excluding tert-OH is 1. The van der Waals surface area contributed by atoms with Crippen LogP contribution in [0.4, 0.5) is 10.5 Å². The van der Waals surface area contributed by atoms with Crippen molar-refractivity contribution < 1.29 is 9.90 Å². The van der Waals surface area contributed by atoms with Crippen molar-refractivity contribution in [2.75, 3.05) is 18.4 Å². The van der Waals surface area contributed by atoms with E-state index in [0.29, 0.717) is 30.2 Å². The van der Waals surface area contributed by atoms with Crippen LogP contribution in [-0.4, -0.2) is 35.2 Å². The minimum Gasteiger partial charge on any atom is -0.391 e. The van der Waals surface area contributed by atoms with Gasteiger partial charge < -0.3 is 15.3 Å². The second-order valence-electron chi connectivity index (χ2n) is 3.80. The topological polar surface area (TPSA) is 52.6 Å². The first-order valence-electron chi connectivity index (χ1n) is 5.15. The molecule has 1 saturated heterocycles. The maximum absolute atomic E-state index is 11.8. The molecule has 0 bridgehead atoms. The van der Waals surface area contributed by atoms with Gasteiger partial charge in [0.25, 0.3) is 0 Å². The molecule has 1 fully saturated rings. The predicted molar refractivity (Wildman–Crippen MR) is 62.7 cm³/mol. The van der Waals surface area contributed by atoms with Gasteiger partial charge in [-0.2, -0.15) is 0 Å². The molecule has 2 amide bonds. The van der Waals surface area contributed by atoms with E-state index in [1.165, 1.54) is 0 Å². The number of rotatable bonds is 1. The lowest BCUT2D eigenvalue weighted by molar-refractivity contribution is 0.176. The van der Waals surface area contributed by atoms with Crippen LogP contribution in [0.1, 0.15) is 6.42 Å². The van der Waals surface area contributed by atoms with E-state index in [2.05, 4.69) is 5.32 Å². The average Bonchev–Trinajstić information content (AvgIpc) is 2.68. The smallest absolute Gasteiger partial charge is 0.321 e. The van der Waals surface area contributed by atoms with Crippen LogP contribution in [0.25, 0.3) is 0 Å². The number of urea groups is 1. The summed E-state index contributed by atoms with van der Waals surface area (Å²) in [6, 6.07) is 6.85. The third-order valence-corrected chi connectivity index (χ3v) is 2.90. The second-order valence-corrected chi connectivity index (χ2v) is 4.21. The zero-order valence-electron chi connectivity index (χ0n) is 8.69. The lowest BCUT2D eigenvalue weighted by Gasteiger charge is -2.16. The number of anilines is 1. The van der Waals surface area contributed by atoms with Crippen LogP contribution in [0.15, 0.2) is 24.3 Å². The van der Waals surface area contributed by atoms with Crippen LogP contribution in [0, 0.1) is 0 Å². The van der Waals surface area contributed by atoms with Gasteiger partial charge in [0, 0.05) is 13.1 Å². The van der Waals surface area contributed by atoms with Gasteiger partial charge in [-0.15, -0.1) is 0 Å².